The molecule has 6 heteroatoms. The number of phenolic OH excluding ortho intramolecular Hbond substituents is 1. The first-order valence-electron chi connectivity index (χ1n) is 9.73. The number of hydrogen-bond acceptors (Lipinski definition) is 5. The molecule has 1 amide bonds. The van der Waals surface area contributed by atoms with Gasteiger partial charge in [0.05, 0.1) is 12.7 Å². The minimum Gasteiger partial charge on any atom is -0.508 e. The zero-order valence-electron chi connectivity index (χ0n) is 17.1. The van der Waals surface area contributed by atoms with E-state index in [2.05, 4.69) is 5.32 Å². The SMILES string of the molecule is COc1ccc(C2Oc3ccc(O)cc3C(=O)C2=Cc2ccccc2NC(C)=O)cc1. The van der Waals surface area contributed by atoms with E-state index >= 15 is 0 Å². The minimum absolute atomic E-state index is 0.0170. The van der Waals surface area contributed by atoms with E-state index in [0.717, 1.165) is 5.56 Å². The van der Waals surface area contributed by atoms with Crippen molar-refractivity contribution in [2.24, 2.45) is 0 Å². The highest BCUT2D eigenvalue weighted by Gasteiger charge is 2.33. The molecule has 0 aliphatic carbocycles. The van der Waals surface area contributed by atoms with Gasteiger partial charge >= 0.3 is 0 Å². The maximum atomic E-state index is 13.4. The number of methoxy groups -OCH3 is 1. The number of benzene rings is 3. The summed E-state index contributed by atoms with van der Waals surface area (Å²) in [5, 5.41) is 12.7. The van der Waals surface area contributed by atoms with Crippen LogP contribution >= 0.6 is 0 Å². The van der Waals surface area contributed by atoms with Gasteiger partial charge in [-0.2, -0.15) is 0 Å². The van der Waals surface area contributed by atoms with E-state index in [0.29, 0.717) is 28.3 Å². The second kappa shape index (κ2) is 8.36. The normalized spacial score (nSPS) is 16.4. The lowest BCUT2D eigenvalue weighted by Gasteiger charge is -2.28. The molecule has 1 aliphatic heterocycles. The van der Waals surface area contributed by atoms with E-state index < -0.39 is 6.10 Å². The van der Waals surface area contributed by atoms with E-state index in [-0.39, 0.29) is 23.0 Å². The fraction of sp³-hybridized carbons (Fsp3) is 0.120. The minimum atomic E-state index is -0.666. The van der Waals surface area contributed by atoms with Crippen molar-refractivity contribution in [3.8, 4) is 17.2 Å². The molecule has 0 spiro atoms. The molecule has 6 nitrogen and oxygen atoms in total. The van der Waals surface area contributed by atoms with Crippen LogP contribution in [0.1, 0.15) is 34.5 Å². The zero-order valence-corrected chi connectivity index (χ0v) is 17.1. The molecule has 0 radical (unpaired) electrons. The quantitative estimate of drug-likeness (QED) is 0.600. The average Bonchev–Trinajstić information content (AvgIpc) is 2.77. The standard InChI is InChI=1S/C25H21NO5/c1-15(27)26-22-6-4-3-5-17(22)13-21-24(29)20-14-18(28)9-12-23(20)31-25(21)16-7-10-19(30-2)11-8-16/h3-14,25,28H,1-2H3,(H,26,27). The molecule has 0 fully saturated rings. The first kappa shape index (κ1) is 20.2. The number of aromatic hydroxyl groups is 1. The summed E-state index contributed by atoms with van der Waals surface area (Å²) in [5.41, 5.74) is 2.71. The first-order chi connectivity index (χ1) is 15.0. The van der Waals surface area contributed by atoms with Crippen molar-refractivity contribution in [1.82, 2.24) is 0 Å². The molecular formula is C25H21NO5. The second-order valence-corrected chi connectivity index (χ2v) is 7.15. The molecule has 0 bridgehead atoms. The smallest absolute Gasteiger partial charge is 0.221 e. The summed E-state index contributed by atoms with van der Waals surface area (Å²) in [7, 11) is 1.59. The third-order valence-electron chi connectivity index (χ3n) is 5.00. The van der Waals surface area contributed by atoms with Gasteiger partial charge in [0.2, 0.25) is 5.91 Å². The Labute approximate surface area is 179 Å². The highest BCUT2D eigenvalue weighted by molar-refractivity contribution is 6.15. The van der Waals surface area contributed by atoms with Gasteiger partial charge in [0, 0.05) is 18.2 Å². The summed E-state index contributed by atoms with van der Waals surface area (Å²) in [6.07, 6.45) is 1.05. The van der Waals surface area contributed by atoms with Gasteiger partial charge in [-0.15, -0.1) is 0 Å². The number of hydrogen-bond donors (Lipinski definition) is 2. The maximum absolute atomic E-state index is 13.4. The summed E-state index contributed by atoms with van der Waals surface area (Å²) in [4.78, 5) is 25.0. The number of carbonyl (C=O) groups is 2. The summed E-state index contributed by atoms with van der Waals surface area (Å²) in [6, 6.07) is 19.0. The molecule has 1 heterocycles. The van der Waals surface area contributed by atoms with Gasteiger partial charge in [-0.05, 0) is 53.6 Å². The highest BCUT2D eigenvalue weighted by Crippen LogP contribution is 2.41. The van der Waals surface area contributed by atoms with Crippen LogP contribution in [0.5, 0.6) is 17.2 Å². The third-order valence-corrected chi connectivity index (χ3v) is 5.00. The zero-order chi connectivity index (χ0) is 22.0. The predicted molar refractivity (Wildman–Crippen MR) is 118 cm³/mol. The summed E-state index contributed by atoms with van der Waals surface area (Å²) in [6.45, 7) is 1.43. The Morgan fingerprint density at radius 1 is 1.10 bits per heavy atom. The van der Waals surface area contributed by atoms with Crippen LogP contribution in [0, 0.1) is 0 Å². The summed E-state index contributed by atoms with van der Waals surface area (Å²) >= 11 is 0. The number of carbonyl (C=O) groups excluding carboxylic acids is 2. The Bertz CT molecular complexity index is 1180. The van der Waals surface area contributed by atoms with Gasteiger partial charge in [-0.1, -0.05) is 30.3 Å². The number of nitrogens with one attached hydrogen (secondary N) is 1. The topological polar surface area (TPSA) is 84.9 Å². The van der Waals surface area contributed by atoms with Crippen LogP contribution < -0.4 is 14.8 Å². The molecule has 2 N–H and O–H groups in total. The third kappa shape index (κ3) is 4.14. The van der Waals surface area contributed by atoms with Gasteiger partial charge in [0.25, 0.3) is 0 Å². The molecule has 0 saturated heterocycles. The van der Waals surface area contributed by atoms with E-state index in [1.54, 1.807) is 43.5 Å². The van der Waals surface area contributed by atoms with Crippen LogP contribution in [0.15, 0.2) is 72.3 Å². The molecule has 0 aromatic heterocycles. The average molecular weight is 415 g/mol. The van der Waals surface area contributed by atoms with Crippen molar-refractivity contribution in [1.29, 1.82) is 0 Å². The number of anilines is 1. The Balaban J connectivity index is 1.86. The molecule has 4 rings (SSSR count). The number of ketones is 1. The van der Waals surface area contributed by atoms with Gasteiger partial charge in [0.1, 0.15) is 17.2 Å². The van der Waals surface area contributed by atoms with Crippen molar-refractivity contribution < 1.29 is 24.2 Å². The summed E-state index contributed by atoms with van der Waals surface area (Å²) < 4.78 is 11.4. The van der Waals surface area contributed by atoms with Crippen LogP contribution in [0.2, 0.25) is 0 Å². The second-order valence-electron chi connectivity index (χ2n) is 7.15. The molecule has 1 unspecified atom stereocenters. The number of phenols is 1. The monoisotopic (exact) mass is 415 g/mol. The first-order valence-corrected chi connectivity index (χ1v) is 9.73. The molecule has 1 atom stereocenters. The Morgan fingerprint density at radius 2 is 1.84 bits per heavy atom. The molecule has 3 aromatic rings. The largest absolute Gasteiger partial charge is 0.508 e. The number of fused-ring (bicyclic) bond motifs is 1. The van der Waals surface area contributed by atoms with Crippen LogP contribution in [-0.2, 0) is 4.79 Å². The number of ether oxygens (including phenoxy) is 2. The van der Waals surface area contributed by atoms with Gasteiger partial charge in [-0.3, -0.25) is 9.59 Å². The van der Waals surface area contributed by atoms with Crippen molar-refractivity contribution >= 4 is 23.5 Å². The van der Waals surface area contributed by atoms with E-state index in [9.17, 15) is 14.7 Å². The van der Waals surface area contributed by atoms with Crippen LogP contribution in [0.4, 0.5) is 5.69 Å². The fourth-order valence-electron chi connectivity index (χ4n) is 3.52. The van der Waals surface area contributed by atoms with Crippen molar-refractivity contribution in [3.05, 3.63) is 89.0 Å². The van der Waals surface area contributed by atoms with E-state index in [1.165, 1.54) is 19.1 Å². The lowest BCUT2D eigenvalue weighted by Crippen LogP contribution is -2.24. The maximum Gasteiger partial charge on any atom is 0.221 e. The van der Waals surface area contributed by atoms with Crippen molar-refractivity contribution in [2.75, 3.05) is 12.4 Å². The highest BCUT2D eigenvalue weighted by atomic mass is 16.5. The lowest BCUT2D eigenvalue weighted by atomic mass is 9.89. The molecule has 1 aliphatic rings. The van der Waals surface area contributed by atoms with Gasteiger partial charge in [0.15, 0.2) is 11.9 Å². The Morgan fingerprint density at radius 3 is 2.55 bits per heavy atom. The molecule has 3 aromatic carbocycles. The lowest BCUT2D eigenvalue weighted by molar-refractivity contribution is -0.114. The number of Topliss-reactive ketones (excluding diaryl/α,β-unsaturated/α-hetero) is 1. The number of amides is 1. The molecule has 156 valence electrons. The molecule has 0 saturated carbocycles. The van der Waals surface area contributed by atoms with E-state index in [1.807, 2.05) is 24.3 Å². The fourth-order valence-corrected chi connectivity index (χ4v) is 3.52. The molecular weight excluding hydrogens is 394 g/mol. The molecule has 31 heavy (non-hydrogen) atoms. The number of rotatable bonds is 4. The number of para-hydroxylation sites is 1. The van der Waals surface area contributed by atoms with Crippen LogP contribution in [0.25, 0.3) is 6.08 Å². The Hall–Kier alpha value is -4.06. The Kier molecular flexibility index (Phi) is 5.45. The van der Waals surface area contributed by atoms with Gasteiger partial charge in [-0.25, -0.2) is 0 Å². The van der Waals surface area contributed by atoms with Crippen molar-refractivity contribution in [2.45, 2.75) is 13.0 Å². The predicted octanol–water partition coefficient (Wildman–Crippen LogP) is 4.76. The van der Waals surface area contributed by atoms with Crippen LogP contribution in [0.3, 0.4) is 0 Å². The van der Waals surface area contributed by atoms with E-state index in [4.69, 9.17) is 9.47 Å². The van der Waals surface area contributed by atoms with Gasteiger partial charge < -0.3 is 19.9 Å². The van der Waals surface area contributed by atoms with Crippen LogP contribution in [-0.4, -0.2) is 23.9 Å². The van der Waals surface area contributed by atoms with Crippen molar-refractivity contribution in [3.63, 3.8) is 0 Å². The summed E-state index contributed by atoms with van der Waals surface area (Å²) in [5.74, 6) is 0.611.